The van der Waals surface area contributed by atoms with Crippen LogP contribution in [0.5, 0.6) is 0 Å². The third kappa shape index (κ3) is 4.29. The normalized spacial score (nSPS) is 10.6. The SMILES string of the molecule is Cc1ccc(-n2nnnc2CNC(=O)CCc2ccccc2)cc1C. The molecule has 0 fully saturated rings. The average molecular weight is 335 g/mol. The van der Waals surface area contributed by atoms with Gasteiger partial charge < -0.3 is 5.32 Å². The second-order valence-electron chi connectivity index (χ2n) is 6.04. The van der Waals surface area contributed by atoms with Crippen LogP contribution in [-0.2, 0) is 17.8 Å². The zero-order valence-corrected chi connectivity index (χ0v) is 14.4. The van der Waals surface area contributed by atoms with Crippen LogP contribution in [0.2, 0.25) is 0 Å². The highest BCUT2D eigenvalue weighted by Gasteiger charge is 2.10. The molecule has 128 valence electrons. The van der Waals surface area contributed by atoms with Crippen molar-refractivity contribution >= 4 is 5.91 Å². The Balaban J connectivity index is 1.59. The summed E-state index contributed by atoms with van der Waals surface area (Å²) in [4.78, 5) is 12.1. The van der Waals surface area contributed by atoms with E-state index in [0.29, 0.717) is 18.8 Å². The van der Waals surface area contributed by atoms with E-state index in [1.807, 2.05) is 55.5 Å². The lowest BCUT2D eigenvalue weighted by molar-refractivity contribution is -0.121. The van der Waals surface area contributed by atoms with Crippen molar-refractivity contribution < 1.29 is 4.79 Å². The molecule has 0 bridgehead atoms. The van der Waals surface area contributed by atoms with Crippen LogP contribution >= 0.6 is 0 Å². The molecule has 1 heterocycles. The molecular formula is C19H21N5O. The Bertz CT molecular complexity index is 857. The van der Waals surface area contributed by atoms with Gasteiger partial charge in [-0.1, -0.05) is 36.4 Å². The Morgan fingerprint density at radius 2 is 1.88 bits per heavy atom. The summed E-state index contributed by atoms with van der Waals surface area (Å²) in [6, 6.07) is 16.0. The highest BCUT2D eigenvalue weighted by Crippen LogP contribution is 2.14. The molecule has 0 aliphatic heterocycles. The number of hydrogen-bond donors (Lipinski definition) is 1. The number of carbonyl (C=O) groups is 1. The first kappa shape index (κ1) is 16.8. The van der Waals surface area contributed by atoms with Crippen molar-refractivity contribution in [3.05, 3.63) is 71.0 Å². The molecule has 0 unspecified atom stereocenters. The zero-order valence-electron chi connectivity index (χ0n) is 14.4. The predicted octanol–water partition coefficient (Wildman–Crippen LogP) is 2.53. The number of amides is 1. The minimum absolute atomic E-state index is 0.0153. The Hall–Kier alpha value is -3.02. The van der Waals surface area contributed by atoms with E-state index in [9.17, 15) is 4.79 Å². The van der Waals surface area contributed by atoms with E-state index in [2.05, 4.69) is 27.8 Å². The first-order valence-electron chi connectivity index (χ1n) is 8.29. The first-order valence-corrected chi connectivity index (χ1v) is 8.29. The van der Waals surface area contributed by atoms with Crippen LogP contribution < -0.4 is 5.32 Å². The highest BCUT2D eigenvalue weighted by atomic mass is 16.1. The lowest BCUT2D eigenvalue weighted by atomic mass is 10.1. The number of rotatable bonds is 6. The van der Waals surface area contributed by atoms with Gasteiger partial charge in [0.1, 0.15) is 0 Å². The molecule has 0 saturated carbocycles. The Morgan fingerprint density at radius 1 is 1.08 bits per heavy atom. The molecule has 1 N–H and O–H groups in total. The Morgan fingerprint density at radius 3 is 2.64 bits per heavy atom. The summed E-state index contributed by atoms with van der Waals surface area (Å²) < 4.78 is 1.66. The van der Waals surface area contributed by atoms with E-state index in [1.165, 1.54) is 11.1 Å². The first-order chi connectivity index (χ1) is 12.1. The van der Waals surface area contributed by atoms with Crippen LogP contribution in [0.15, 0.2) is 48.5 Å². The number of benzene rings is 2. The summed E-state index contributed by atoms with van der Waals surface area (Å²) in [5.41, 5.74) is 4.43. The fourth-order valence-corrected chi connectivity index (χ4v) is 2.54. The second-order valence-corrected chi connectivity index (χ2v) is 6.04. The molecule has 0 aliphatic rings. The van der Waals surface area contributed by atoms with Crippen LogP contribution in [0, 0.1) is 13.8 Å². The van der Waals surface area contributed by atoms with E-state index in [0.717, 1.165) is 17.7 Å². The van der Waals surface area contributed by atoms with Gasteiger partial charge in [-0.3, -0.25) is 4.79 Å². The molecule has 6 heteroatoms. The number of nitrogens with one attached hydrogen (secondary N) is 1. The van der Waals surface area contributed by atoms with E-state index in [-0.39, 0.29) is 5.91 Å². The van der Waals surface area contributed by atoms with E-state index >= 15 is 0 Å². The summed E-state index contributed by atoms with van der Waals surface area (Å²) in [5.74, 6) is 0.592. The molecule has 0 atom stereocenters. The molecule has 2 aromatic carbocycles. The average Bonchev–Trinajstić information content (AvgIpc) is 3.10. The predicted molar refractivity (Wildman–Crippen MR) is 95.2 cm³/mol. The van der Waals surface area contributed by atoms with Crippen molar-refractivity contribution in [2.24, 2.45) is 0 Å². The summed E-state index contributed by atoms with van der Waals surface area (Å²) in [6.07, 6.45) is 1.16. The molecule has 6 nitrogen and oxygen atoms in total. The van der Waals surface area contributed by atoms with Gasteiger partial charge in [0.2, 0.25) is 5.91 Å². The van der Waals surface area contributed by atoms with Gasteiger partial charge in [0.15, 0.2) is 5.82 Å². The van der Waals surface area contributed by atoms with Crippen molar-refractivity contribution in [3.8, 4) is 5.69 Å². The molecule has 1 amide bonds. The van der Waals surface area contributed by atoms with Crippen LogP contribution in [0.25, 0.3) is 5.69 Å². The minimum atomic E-state index is -0.0153. The van der Waals surface area contributed by atoms with Crippen molar-refractivity contribution in [1.29, 1.82) is 0 Å². The van der Waals surface area contributed by atoms with Gasteiger partial charge in [-0.25, -0.2) is 0 Å². The second kappa shape index (κ2) is 7.70. The molecule has 3 aromatic rings. The monoisotopic (exact) mass is 335 g/mol. The fourth-order valence-electron chi connectivity index (χ4n) is 2.54. The number of hydrogen-bond acceptors (Lipinski definition) is 4. The molecule has 0 aliphatic carbocycles. The Kier molecular flexibility index (Phi) is 5.18. The van der Waals surface area contributed by atoms with Gasteiger partial charge >= 0.3 is 0 Å². The maximum atomic E-state index is 12.1. The minimum Gasteiger partial charge on any atom is -0.349 e. The number of carbonyl (C=O) groups excluding carboxylic acids is 1. The quantitative estimate of drug-likeness (QED) is 0.751. The largest absolute Gasteiger partial charge is 0.349 e. The molecule has 3 rings (SSSR count). The maximum Gasteiger partial charge on any atom is 0.220 e. The highest BCUT2D eigenvalue weighted by molar-refractivity contribution is 5.76. The van der Waals surface area contributed by atoms with Crippen LogP contribution in [-0.4, -0.2) is 26.1 Å². The smallest absolute Gasteiger partial charge is 0.220 e. The molecule has 0 radical (unpaired) electrons. The van der Waals surface area contributed by atoms with Gasteiger partial charge in [-0.2, -0.15) is 4.68 Å². The topological polar surface area (TPSA) is 72.7 Å². The lowest BCUT2D eigenvalue weighted by Gasteiger charge is -2.08. The van der Waals surface area contributed by atoms with Crippen molar-refractivity contribution in [2.75, 3.05) is 0 Å². The van der Waals surface area contributed by atoms with Gasteiger partial charge in [0, 0.05) is 6.42 Å². The van der Waals surface area contributed by atoms with E-state index < -0.39 is 0 Å². The number of nitrogens with zero attached hydrogens (tertiary/aromatic N) is 4. The van der Waals surface area contributed by atoms with E-state index in [1.54, 1.807) is 4.68 Å². The van der Waals surface area contributed by atoms with E-state index in [4.69, 9.17) is 0 Å². The van der Waals surface area contributed by atoms with Crippen LogP contribution in [0.4, 0.5) is 0 Å². The summed E-state index contributed by atoms with van der Waals surface area (Å²) >= 11 is 0. The lowest BCUT2D eigenvalue weighted by Crippen LogP contribution is -2.25. The van der Waals surface area contributed by atoms with Gasteiger partial charge in [-0.05, 0) is 59.5 Å². The van der Waals surface area contributed by atoms with Crippen molar-refractivity contribution in [1.82, 2.24) is 25.5 Å². The zero-order chi connectivity index (χ0) is 17.6. The summed E-state index contributed by atoms with van der Waals surface area (Å²) in [7, 11) is 0. The molecule has 25 heavy (non-hydrogen) atoms. The molecular weight excluding hydrogens is 314 g/mol. The Labute approximate surface area is 146 Å². The van der Waals surface area contributed by atoms with Gasteiger partial charge in [-0.15, -0.1) is 5.10 Å². The fraction of sp³-hybridized carbons (Fsp3) is 0.263. The summed E-state index contributed by atoms with van der Waals surface area (Å²) in [6.45, 7) is 4.41. The van der Waals surface area contributed by atoms with Crippen LogP contribution in [0.3, 0.4) is 0 Å². The molecule has 0 saturated heterocycles. The van der Waals surface area contributed by atoms with Crippen molar-refractivity contribution in [3.63, 3.8) is 0 Å². The van der Waals surface area contributed by atoms with Gasteiger partial charge in [0.05, 0.1) is 12.2 Å². The summed E-state index contributed by atoms with van der Waals surface area (Å²) in [5, 5.41) is 14.7. The molecule has 1 aromatic heterocycles. The van der Waals surface area contributed by atoms with Crippen LogP contribution in [0.1, 0.15) is 28.9 Å². The number of aromatic nitrogens is 4. The molecule has 0 spiro atoms. The third-order valence-corrected chi connectivity index (χ3v) is 4.20. The van der Waals surface area contributed by atoms with Crippen molar-refractivity contribution in [2.45, 2.75) is 33.2 Å². The standard InChI is InChI=1S/C19H21N5O/c1-14-8-10-17(12-15(14)2)24-18(21-22-23-24)13-20-19(25)11-9-16-6-4-3-5-7-16/h3-8,10,12H,9,11,13H2,1-2H3,(H,20,25). The maximum absolute atomic E-state index is 12.1. The van der Waals surface area contributed by atoms with Gasteiger partial charge in [0.25, 0.3) is 0 Å². The third-order valence-electron chi connectivity index (χ3n) is 4.20. The number of aryl methyl sites for hydroxylation is 3. The number of tetrazole rings is 1.